The van der Waals surface area contributed by atoms with Crippen molar-refractivity contribution in [2.24, 2.45) is 0 Å². The van der Waals surface area contributed by atoms with Gasteiger partial charge < -0.3 is 10.0 Å². The van der Waals surface area contributed by atoms with E-state index in [1.807, 2.05) is 30.3 Å². The van der Waals surface area contributed by atoms with Crippen LogP contribution in [0.5, 0.6) is 0 Å². The second kappa shape index (κ2) is 7.48. The van der Waals surface area contributed by atoms with Gasteiger partial charge in [-0.15, -0.1) is 11.6 Å². The summed E-state index contributed by atoms with van der Waals surface area (Å²) in [4.78, 5) is 51.4. The number of amides is 3. The minimum absolute atomic E-state index is 0.0753. The quantitative estimate of drug-likeness (QED) is 0.542. The number of rotatable bonds is 4. The summed E-state index contributed by atoms with van der Waals surface area (Å²) < 4.78 is 0. The van der Waals surface area contributed by atoms with Gasteiger partial charge in [0.25, 0.3) is 5.91 Å². The Hall–Kier alpha value is -3.13. The van der Waals surface area contributed by atoms with E-state index in [2.05, 4.69) is 10.2 Å². The molecule has 3 aliphatic rings. The monoisotopic (exact) mass is 455 g/mol. The summed E-state index contributed by atoms with van der Waals surface area (Å²) >= 11 is 6.51. The molecule has 2 fully saturated rings. The van der Waals surface area contributed by atoms with Crippen molar-refractivity contribution in [2.45, 2.75) is 43.0 Å². The molecule has 0 aromatic heterocycles. The van der Waals surface area contributed by atoms with Crippen LogP contribution in [-0.2, 0) is 14.4 Å². The van der Waals surface area contributed by atoms with Gasteiger partial charge in [-0.05, 0) is 42.8 Å². The van der Waals surface area contributed by atoms with Gasteiger partial charge in [0.2, 0.25) is 11.8 Å². The van der Waals surface area contributed by atoms with Crippen LogP contribution in [0.4, 0.5) is 11.4 Å². The molecule has 32 heavy (non-hydrogen) atoms. The Morgan fingerprint density at radius 1 is 1.19 bits per heavy atom. The van der Waals surface area contributed by atoms with Gasteiger partial charge in [-0.3, -0.25) is 29.4 Å². The Balaban J connectivity index is 1.46. The van der Waals surface area contributed by atoms with E-state index in [-0.39, 0.29) is 24.7 Å². The van der Waals surface area contributed by atoms with Crippen molar-refractivity contribution in [1.82, 2.24) is 5.32 Å². The number of aliphatic carboxylic acids is 1. The summed E-state index contributed by atoms with van der Waals surface area (Å²) in [6.07, 6.45) is 1.48. The van der Waals surface area contributed by atoms with E-state index in [0.717, 1.165) is 16.5 Å². The standard InChI is InChI=1S/C23H22ClN3O5/c24-23(12-19(29)30)6-8-26(9-7-23)14-10-13-2-1-3-16-20(13)15(11-14)22(32)27(16)17-4-5-18(28)25-21(17)31/h1-3,10-11,17H,4-9,12H2,(H,29,30)(H,25,28,31). The molecule has 0 radical (unpaired) electrons. The highest BCUT2D eigenvalue weighted by Crippen LogP contribution is 2.43. The van der Waals surface area contributed by atoms with Crippen LogP contribution in [0.25, 0.3) is 10.8 Å². The normalized spacial score (nSPS) is 22.4. The number of anilines is 2. The van der Waals surface area contributed by atoms with E-state index >= 15 is 0 Å². The molecule has 0 saturated carbocycles. The molecule has 5 rings (SSSR count). The molecule has 2 N–H and O–H groups in total. The van der Waals surface area contributed by atoms with E-state index in [1.165, 1.54) is 4.90 Å². The molecule has 0 spiro atoms. The molecule has 3 amide bonds. The van der Waals surface area contributed by atoms with Gasteiger partial charge in [-0.2, -0.15) is 0 Å². The summed E-state index contributed by atoms with van der Waals surface area (Å²) in [5, 5.41) is 13.2. The van der Waals surface area contributed by atoms with E-state index in [4.69, 9.17) is 16.7 Å². The number of piperidine rings is 2. The number of nitrogens with zero attached hydrogens (tertiary/aromatic N) is 2. The Morgan fingerprint density at radius 2 is 1.94 bits per heavy atom. The number of hydrogen-bond donors (Lipinski definition) is 2. The van der Waals surface area contributed by atoms with E-state index in [9.17, 15) is 19.2 Å². The lowest BCUT2D eigenvalue weighted by atomic mass is 9.92. The zero-order valence-corrected chi connectivity index (χ0v) is 18.0. The highest BCUT2D eigenvalue weighted by molar-refractivity contribution is 6.28. The summed E-state index contributed by atoms with van der Waals surface area (Å²) in [6.45, 7) is 1.18. The summed E-state index contributed by atoms with van der Waals surface area (Å²) in [6, 6.07) is 8.77. The molecule has 0 aliphatic carbocycles. The Labute approximate surface area is 189 Å². The number of benzene rings is 2. The predicted molar refractivity (Wildman–Crippen MR) is 119 cm³/mol. The average Bonchev–Trinajstić information content (AvgIpc) is 3.01. The van der Waals surface area contributed by atoms with Crippen molar-refractivity contribution in [2.75, 3.05) is 22.9 Å². The predicted octanol–water partition coefficient (Wildman–Crippen LogP) is 2.66. The number of hydrogen-bond acceptors (Lipinski definition) is 5. The first-order chi connectivity index (χ1) is 15.3. The Morgan fingerprint density at radius 3 is 2.62 bits per heavy atom. The number of alkyl halides is 1. The zero-order valence-electron chi connectivity index (χ0n) is 17.3. The lowest BCUT2D eigenvalue weighted by Gasteiger charge is -2.38. The molecule has 166 valence electrons. The van der Waals surface area contributed by atoms with Crippen LogP contribution in [0, 0.1) is 0 Å². The summed E-state index contributed by atoms with van der Waals surface area (Å²) in [5.74, 6) is -1.92. The zero-order chi connectivity index (χ0) is 22.6. The van der Waals surface area contributed by atoms with Crippen molar-refractivity contribution < 1.29 is 24.3 Å². The number of carboxylic acid groups (broad SMARTS) is 1. The third kappa shape index (κ3) is 3.39. The first-order valence-corrected chi connectivity index (χ1v) is 11.0. The third-order valence-corrected chi connectivity index (χ3v) is 7.17. The van der Waals surface area contributed by atoms with Crippen LogP contribution >= 0.6 is 11.6 Å². The van der Waals surface area contributed by atoms with Crippen molar-refractivity contribution in [1.29, 1.82) is 0 Å². The minimum atomic E-state index is -0.904. The maximum absolute atomic E-state index is 13.4. The average molecular weight is 456 g/mol. The topological polar surface area (TPSA) is 107 Å². The maximum Gasteiger partial charge on any atom is 0.305 e. The van der Waals surface area contributed by atoms with Crippen LogP contribution in [0.3, 0.4) is 0 Å². The number of halogens is 1. The van der Waals surface area contributed by atoms with Crippen molar-refractivity contribution in [3.63, 3.8) is 0 Å². The maximum atomic E-state index is 13.4. The van der Waals surface area contributed by atoms with E-state index in [0.29, 0.717) is 43.6 Å². The fourth-order valence-corrected chi connectivity index (χ4v) is 5.32. The second-order valence-corrected chi connectivity index (χ2v) is 9.52. The van der Waals surface area contributed by atoms with Crippen molar-refractivity contribution in [3.8, 4) is 0 Å². The fraction of sp³-hybridized carbons (Fsp3) is 0.391. The molecule has 2 aromatic rings. The van der Waals surface area contributed by atoms with Crippen LogP contribution in [-0.4, -0.2) is 52.8 Å². The first kappa shape index (κ1) is 20.8. The molecular weight excluding hydrogens is 434 g/mol. The second-order valence-electron chi connectivity index (χ2n) is 8.72. The smallest absolute Gasteiger partial charge is 0.305 e. The Kier molecular flexibility index (Phi) is 4.85. The first-order valence-electron chi connectivity index (χ1n) is 10.7. The lowest BCUT2D eigenvalue weighted by molar-refractivity contribution is -0.138. The minimum Gasteiger partial charge on any atom is -0.481 e. The molecule has 1 unspecified atom stereocenters. The number of carbonyl (C=O) groups is 4. The molecule has 1 atom stereocenters. The van der Waals surface area contributed by atoms with Gasteiger partial charge in [0.15, 0.2) is 0 Å². The number of carbonyl (C=O) groups excluding carboxylic acids is 3. The molecule has 0 bridgehead atoms. The van der Waals surface area contributed by atoms with Crippen molar-refractivity contribution in [3.05, 3.63) is 35.9 Å². The number of nitrogens with one attached hydrogen (secondary N) is 1. The third-order valence-electron chi connectivity index (χ3n) is 6.66. The van der Waals surface area contributed by atoms with Gasteiger partial charge in [-0.1, -0.05) is 12.1 Å². The molecule has 2 saturated heterocycles. The molecular formula is C23H22ClN3O5. The molecule has 8 nitrogen and oxygen atoms in total. The largest absolute Gasteiger partial charge is 0.481 e. The highest BCUT2D eigenvalue weighted by atomic mass is 35.5. The van der Waals surface area contributed by atoms with Crippen LogP contribution in [0.2, 0.25) is 0 Å². The molecule has 3 aliphatic heterocycles. The van der Waals surface area contributed by atoms with Gasteiger partial charge in [0.1, 0.15) is 6.04 Å². The lowest BCUT2D eigenvalue weighted by Crippen LogP contribution is -2.53. The molecule has 9 heteroatoms. The summed E-state index contributed by atoms with van der Waals surface area (Å²) in [5.41, 5.74) is 2.09. The van der Waals surface area contributed by atoms with Gasteiger partial charge in [-0.25, -0.2) is 0 Å². The Bertz CT molecular complexity index is 1170. The van der Waals surface area contributed by atoms with Gasteiger partial charge in [0.05, 0.1) is 22.5 Å². The van der Waals surface area contributed by atoms with Crippen LogP contribution in [0.1, 0.15) is 42.5 Å². The fourth-order valence-electron chi connectivity index (χ4n) is 5.03. The van der Waals surface area contributed by atoms with Crippen LogP contribution in [0.15, 0.2) is 30.3 Å². The van der Waals surface area contributed by atoms with Crippen LogP contribution < -0.4 is 15.1 Å². The van der Waals surface area contributed by atoms with E-state index in [1.54, 1.807) is 0 Å². The van der Waals surface area contributed by atoms with E-state index < -0.39 is 22.8 Å². The molecule has 3 heterocycles. The highest BCUT2D eigenvalue weighted by Gasteiger charge is 2.41. The number of carboxylic acids is 1. The van der Waals surface area contributed by atoms with Gasteiger partial charge in [0, 0.05) is 30.6 Å². The SMILES string of the molecule is O=C(O)CC1(Cl)CCN(c2cc3c4c(cccc4c2)N(C2CCC(=O)NC2=O)C3=O)CC1. The number of imide groups is 1. The summed E-state index contributed by atoms with van der Waals surface area (Å²) in [7, 11) is 0. The molecule has 2 aromatic carbocycles. The van der Waals surface area contributed by atoms with Crippen molar-refractivity contribution >= 4 is 57.4 Å². The van der Waals surface area contributed by atoms with Gasteiger partial charge >= 0.3 is 5.97 Å².